The van der Waals surface area contributed by atoms with Crippen LogP contribution in [0.25, 0.3) is 16.5 Å². The number of carboxylic acid groups (broad SMARTS) is 1. The van der Waals surface area contributed by atoms with Gasteiger partial charge in [0, 0.05) is 35.0 Å². The molecule has 0 atom stereocenters. The minimum absolute atomic E-state index is 0.229. The first kappa shape index (κ1) is 49.5. The highest BCUT2D eigenvalue weighted by atomic mass is 32.2. The molecule has 0 aliphatic carbocycles. The lowest BCUT2D eigenvalue weighted by atomic mass is 10.1. The van der Waals surface area contributed by atoms with Gasteiger partial charge in [-0.2, -0.15) is 35.0 Å². The van der Waals surface area contributed by atoms with E-state index in [-0.39, 0.29) is 16.1 Å². The van der Waals surface area contributed by atoms with Crippen LogP contribution in [-0.2, 0) is 30.4 Å². The molecule has 0 amide bonds. The number of nitrogens with zero attached hydrogens (tertiary/aromatic N) is 9. The average Bonchev–Trinajstić information content (AvgIpc) is 3.60. The molecular weight excluding hydrogens is 978 g/mol. The monoisotopic (exact) mass is 1010 g/mol. The number of benzene rings is 5. The van der Waals surface area contributed by atoms with E-state index in [1.807, 2.05) is 0 Å². The Morgan fingerprint density at radius 1 is 0.691 bits per heavy atom. The average molecular weight is 1010 g/mol. The number of hydrogen-bond donors (Lipinski definition) is 8. The molecule has 0 unspecified atom stereocenters. The van der Waals surface area contributed by atoms with Crippen molar-refractivity contribution >= 4 is 86.9 Å². The van der Waals surface area contributed by atoms with Crippen LogP contribution in [-0.4, -0.2) is 112 Å². The Balaban J connectivity index is 1.53. The van der Waals surface area contributed by atoms with Crippen LogP contribution < -0.4 is 9.47 Å². The van der Waals surface area contributed by atoms with Gasteiger partial charge in [-0.1, -0.05) is 12.1 Å². The Hall–Kier alpha value is -7.98. The van der Waals surface area contributed by atoms with Crippen molar-refractivity contribution < 1.29 is 88.0 Å². The van der Waals surface area contributed by atoms with E-state index in [4.69, 9.17) is 9.47 Å². The number of nitro benzene ring substituents is 1. The highest BCUT2D eigenvalue weighted by Crippen LogP contribution is 2.47. The number of halogens is 1. The van der Waals surface area contributed by atoms with Crippen LogP contribution in [0.4, 0.5) is 44.2 Å². The van der Waals surface area contributed by atoms with E-state index in [9.17, 15) is 83.7 Å². The van der Waals surface area contributed by atoms with Gasteiger partial charge in [0.25, 0.3) is 36.0 Å². The molecule has 356 valence electrons. The van der Waals surface area contributed by atoms with Crippen molar-refractivity contribution in [3.05, 3.63) is 94.4 Å². The van der Waals surface area contributed by atoms with Gasteiger partial charge in [0.1, 0.15) is 67.8 Å². The lowest BCUT2D eigenvalue weighted by Gasteiger charge is -2.15. The maximum absolute atomic E-state index is 14.2. The quantitative estimate of drug-likeness (QED) is 0.0214. The van der Waals surface area contributed by atoms with E-state index in [0.29, 0.717) is 12.1 Å². The molecule has 0 spiro atoms. The topological polar surface area (TPSA) is 435 Å². The number of hydrogen-bond acceptors (Lipinski definition) is 22. The van der Waals surface area contributed by atoms with Gasteiger partial charge in [-0.05, 0) is 36.4 Å². The number of carbonyl (C=O) groups is 1. The van der Waals surface area contributed by atoms with Crippen molar-refractivity contribution in [1.29, 1.82) is 0 Å². The number of non-ortho nitro benzene ring substituents is 1. The lowest BCUT2D eigenvalue weighted by Crippen LogP contribution is -2.09. The van der Waals surface area contributed by atoms with Crippen LogP contribution in [0.5, 0.6) is 23.1 Å². The number of aliphatic hydroxyl groups excluding tert-OH is 2. The van der Waals surface area contributed by atoms with Gasteiger partial charge in [0.05, 0.1) is 23.8 Å². The number of aromatic hydroxyl groups is 2. The van der Waals surface area contributed by atoms with E-state index in [1.54, 1.807) is 0 Å². The summed E-state index contributed by atoms with van der Waals surface area (Å²) >= 11 is 0. The zero-order valence-corrected chi connectivity index (χ0v) is 35.9. The third kappa shape index (κ3) is 10.5. The second kappa shape index (κ2) is 19.5. The summed E-state index contributed by atoms with van der Waals surface area (Å²) in [6.07, 6.45) is 0. The molecule has 0 bridgehead atoms. The molecule has 0 saturated heterocycles. The second-order valence-corrected chi connectivity index (χ2v) is 17.3. The first-order chi connectivity index (χ1) is 32.0. The van der Waals surface area contributed by atoms with Crippen molar-refractivity contribution in [3.8, 4) is 28.8 Å². The maximum atomic E-state index is 14.2. The van der Waals surface area contributed by atoms with E-state index >= 15 is 0 Å². The zero-order chi connectivity index (χ0) is 49.9. The summed E-state index contributed by atoms with van der Waals surface area (Å²) in [6.45, 7) is -2.21. The number of phenolic OH excluding ortho intramolecular Hbond substituents is 1. The Labute approximate surface area is 378 Å². The van der Waals surface area contributed by atoms with Crippen molar-refractivity contribution in [2.75, 3.05) is 26.4 Å². The Bertz CT molecular complexity index is 3480. The molecule has 0 fully saturated rings. The van der Waals surface area contributed by atoms with Gasteiger partial charge in [0.15, 0.2) is 17.3 Å². The summed E-state index contributed by atoms with van der Waals surface area (Å²) < 4.78 is 132. The van der Waals surface area contributed by atoms with Gasteiger partial charge < -0.3 is 35.0 Å². The smallest absolute Gasteiger partial charge is 0.358 e. The van der Waals surface area contributed by atoms with E-state index in [1.165, 1.54) is 12.1 Å². The zero-order valence-electron chi connectivity index (χ0n) is 33.5. The number of carboxylic acids is 1. The SMILES string of the molecule is O=C(O)c1nn(-c2ccc3c(O)c(N=Nc4cc(OCCO)c(N=Nc5ccc([N+](=O)[O-])cc5S(=O)(=O)O)cc4OCCO)c(S(=O)(=O)O)cc3c2S(=O)(=O)O)c(O)c1N=Nc1ccccc1F. The molecule has 8 N–H and O–H groups in total. The molecule has 1 aromatic heterocycles. The molecular formula is C36H28FN9O19S3. The molecule has 68 heavy (non-hydrogen) atoms. The number of nitro groups is 1. The molecule has 6 rings (SSSR count). The van der Waals surface area contributed by atoms with Crippen LogP contribution >= 0.6 is 0 Å². The van der Waals surface area contributed by atoms with Gasteiger partial charge >= 0.3 is 5.97 Å². The number of aliphatic hydroxyl groups is 2. The molecule has 28 nitrogen and oxygen atoms in total. The molecule has 5 aromatic carbocycles. The summed E-state index contributed by atoms with van der Waals surface area (Å²) in [5.74, 6) is -6.04. The number of phenols is 1. The number of aromatic nitrogens is 2. The molecule has 0 aliphatic rings. The Morgan fingerprint density at radius 2 is 1.25 bits per heavy atom. The third-order valence-electron chi connectivity index (χ3n) is 8.77. The maximum Gasteiger partial charge on any atom is 0.358 e. The van der Waals surface area contributed by atoms with Crippen LogP contribution in [0, 0.1) is 15.9 Å². The van der Waals surface area contributed by atoms with Crippen LogP contribution in [0.1, 0.15) is 10.5 Å². The van der Waals surface area contributed by atoms with Crippen LogP contribution in [0.2, 0.25) is 0 Å². The number of ether oxygens (including phenoxy) is 2. The minimum atomic E-state index is -5.64. The standard InChI is InChI=1S/C36H28FN9O19S3/c37-20-3-1-2-4-21(20)38-43-31-32(36(51)52)44-45(35(31)50)25-8-6-18-19(34(25)68(61,62)63)14-29(67(58,59)60)30(33(18)49)42-41-24-16-26(64-11-9-47)23(15-27(24)65-12-10-48)40-39-22-7-5-17(46(53)54)13-28(22)66(55,56)57/h1-8,13-16,47-50H,9-12H2,(H,51,52)(H,55,56,57)(H,58,59,60)(H,61,62,63). The Morgan fingerprint density at radius 3 is 1.79 bits per heavy atom. The number of aromatic carboxylic acids is 1. The molecule has 32 heteroatoms. The van der Waals surface area contributed by atoms with E-state index in [2.05, 4.69) is 35.8 Å². The van der Waals surface area contributed by atoms with Crippen molar-refractivity contribution in [2.45, 2.75) is 14.7 Å². The van der Waals surface area contributed by atoms with Crippen molar-refractivity contribution in [1.82, 2.24) is 9.78 Å². The number of azo groups is 3. The lowest BCUT2D eigenvalue weighted by molar-refractivity contribution is -0.385. The molecule has 1 heterocycles. The highest BCUT2D eigenvalue weighted by molar-refractivity contribution is 7.86. The van der Waals surface area contributed by atoms with Gasteiger partial charge in [-0.25, -0.2) is 9.18 Å². The second-order valence-electron chi connectivity index (χ2n) is 13.1. The number of rotatable bonds is 18. The fraction of sp³-hybridized carbons (Fsp3) is 0.111. The first-order valence-corrected chi connectivity index (χ1v) is 22.5. The van der Waals surface area contributed by atoms with E-state index < -0.39 is 162 Å². The summed E-state index contributed by atoms with van der Waals surface area (Å²) in [4.78, 5) is 18.7. The summed E-state index contributed by atoms with van der Waals surface area (Å²) in [5.41, 5.74) is -6.62. The molecule has 0 radical (unpaired) electrons. The predicted octanol–water partition coefficient (Wildman–Crippen LogP) is 5.91. The third-order valence-corrected chi connectivity index (χ3v) is 11.5. The van der Waals surface area contributed by atoms with Gasteiger partial charge in [-0.15, -0.1) is 30.7 Å². The molecule has 6 aromatic rings. The molecule has 0 aliphatic heterocycles. The minimum Gasteiger partial charge on any atom is -0.505 e. The fourth-order valence-corrected chi connectivity index (χ4v) is 8.07. The van der Waals surface area contributed by atoms with Crippen molar-refractivity contribution in [3.63, 3.8) is 0 Å². The van der Waals surface area contributed by atoms with Crippen molar-refractivity contribution in [2.24, 2.45) is 30.7 Å². The number of fused-ring (bicyclic) bond motifs is 1. The van der Waals surface area contributed by atoms with E-state index in [0.717, 1.165) is 48.5 Å². The first-order valence-electron chi connectivity index (χ1n) is 18.2. The summed E-state index contributed by atoms with van der Waals surface area (Å²) in [6, 6.07) is 10.9. The highest BCUT2D eigenvalue weighted by Gasteiger charge is 2.32. The van der Waals surface area contributed by atoms with Gasteiger partial charge in [-0.3, -0.25) is 23.8 Å². The summed E-state index contributed by atoms with van der Waals surface area (Å²) in [5, 5.41) is 87.0. The molecule has 0 saturated carbocycles. The Kier molecular flexibility index (Phi) is 14.2. The van der Waals surface area contributed by atoms with Crippen LogP contribution in [0.3, 0.4) is 0 Å². The van der Waals surface area contributed by atoms with Crippen LogP contribution in [0.15, 0.2) is 118 Å². The summed E-state index contributed by atoms with van der Waals surface area (Å²) in [7, 11) is -16.4. The largest absolute Gasteiger partial charge is 0.505 e. The fourth-order valence-electron chi connectivity index (χ4n) is 5.91. The van der Waals surface area contributed by atoms with Gasteiger partial charge in [0.2, 0.25) is 11.6 Å². The normalized spacial score (nSPS) is 12.4. The predicted molar refractivity (Wildman–Crippen MR) is 224 cm³/mol.